The number of ether oxygens (including phenoxy) is 1. The summed E-state index contributed by atoms with van der Waals surface area (Å²) in [4.78, 5) is 38.4. The van der Waals surface area contributed by atoms with Gasteiger partial charge in [0.2, 0.25) is 0 Å². The smallest absolute Gasteiger partial charge is 0.345 e. The molecule has 1 aliphatic heterocycles. The number of rotatable bonds is 4. The number of thioether (sulfide) groups is 1. The number of carbonyl (C=O) groups excluding carboxylic acids is 2. The Kier molecular flexibility index (Phi) is 5.99. The number of fused-ring (bicyclic) bond motifs is 1. The maximum absolute atomic E-state index is 12.7. The van der Waals surface area contributed by atoms with Gasteiger partial charge in [0.25, 0.3) is 11.6 Å². The molecule has 0 N–H and O–H groups in total. The summed E-state index contributed by atoms with van der Waals surface area (Å²) < 4.78 is 5.13. The second-order valence-electron chi connectivity index (χ2n) is 6.53. The lowest BCUT2D eigenvalue weighted by Gasteiger charge is -2.22. The fourth-order valence-corrected chi connectivity index (χ4v) is 4.21. The third kappa shape index (κ3) is 4.17. The fraction of sp³-hybridized carbons (Fsp3) is 0.300. The van der Waals surface area contributed by atoms with Gasteiger partial charge in [-0.25, -0.2) is 4.79 Å². The number of nitro groups is 1. The minimum atomic E-state index is -0.880. The van der Waals surface area contributed by atoms with Crippen molar-refractivity contribution in [2.24, 2.45) is 0 Å². The topological polar surface area (TPSA) is 89.8 Å². The maximum Gasteiger partial charge on any atom is 0.345 e. The first kappa shape index (κ1) is 19.9. The summed E-state index contributed by atoms with van der Waals surface area (Å²) in [5, 5.41) is 11.6. The molecule has 3 rings (SSSR count). The van der Waals surface area contributed by atoms with Gasteiger partial charge in [0.1, 0.15) is 5.56 Å². The van der Waals surface area contributed by atoms with Gasteiger partial charge in [0.05, 0.1) is 10.6 Å². The van der Waals surface area contributed by atoms with Crippen LogP contribution in [-0.4, -0.2) is 35.2 Å². The largest absolute Gasteiger partial charge is 0.452 e. The molecule has 8 heteroatoms. The van der Waals surface area contributed by atoms with Crippen LogP contribution in [0.15, 0.2) is 47.4 Å². The van der Waals surface area contributed by atoms with Crippen LogP contribution in [0.3, 0.4) is 0 Å². The highest BCUT2D eigenvalue weighted by molar-refractivity contribution is 8.00. The third-order valence-corrected chi connectivity index (χ3v) is 5.75. The molecule has 0 fully saturated rings. The average Bonchev–Trinajstić information content (AvgIpc) is 2.83. The Morgan fingerprint density at radius 1 is 1.25 bits per heavy atom. The highest BCUT2D eigenvalue weighted by Gasteiger charge is 2.27. The number of benzene rings is 2. The van der Waals surface area contributed by atoms with E-state index < -0.39 is 17.5 Å². The van der Waals surface area contributed by atoms with Gasteiger partial charge in [-0.2, -0.15) is 0 Å². The van der Waals surface area contributed by atoms with Crippen LogP contribution in [-0.2, 0) is 9.53 Å². The molecule has 0 unspecified atom stereocenters. The predicted octanol–water partition coefficient (Wildman–Crippen LogP) is 3.98. The van der Waals surface area contributed by atoms with Crippen LogP contribution in [0.25, 0.3) is 0 Å². The first-order valence-corrected chi connectivity index (χ1v) is 9.73. The molecule has 7 nitrogen and oxygen atoms in total. The molecule has 0 saturated heterocycles. The Hall–Kier alpha value is -2.87. The van der Waals surface area contributed by atoms with Gasteiger partial charge in [0, 0.05) is 22.3 Å². The van der Waals surface area contributed by atoms with Gasteiger partial charge in [-0.15, -0.1) is 11.8 Å². The number of carbonyl (C=O) groups is 2. The number of hydrogen-bond donors (Lipinski definition) is 0. The summed E-state index contributed by atoms with van der Waals surface area (Å²) >= 11 is 1.71. The fourth-order valence-electron chi connectivity index (χ4n) is 3.09. The van der Waals surface area contributed by atoms with Crippen LogP contribution in [0.1, 0.15) is 29.3 Å². The predicted molar refractivity (Wildman–Crippen MR) is 107 cm³/mol. The molecule has 0 radical (unpaired) electrons. The molecule has 2 aromatic carbocycles. The van der Waals surface area contributed by atoms with Gasteiger partial charge >= 0.3 is 5.97 Å². The summed E-state index contributed by atoms with van der Waals surface area (Å²) in [6, 6.07) is 12.0. The summed E-state index contributed by atoms with van der Waals surface area (Å²) in [5.41, 5.74) is 0.696. The van der Waals surface area contributed by atoms with Crippen molar-refractivity contribution < 1.29 is 19.2 Å². The number of esters is 1. The number of nitrogens with zero attached hydrogens (tertiary/aromatic N) is 2. The average molecular weight is 400 g/mol. The van der Waals surface area contributed by atoms with Crippen LogP contribution < -0.4 is 4.90 Å². The van der Waals surface area contributed by atoms with Gasteiger partial charge in [-0.1, -0.05) is 31.2 Å². The van der Waals surface area contributed by atoms with E-state index in [0.29, 0.717) is 17.4 Å². The van der Waals surface area contributed by atoms with Crippen molar-refractivity contribution in [1.29, 1.82) is 0 Å². The van der Waals surface area contributed by atoms with Gasteiger partial charge < -0.3 is 9.64 Å². The second kappa shape index (κ2) is 8.43. The summed E-state index contributed by atoms with van der Waals surface area (Å²) in [5.74, 6) is -1.24. The Labute approximate surface area is 166 Å². The summed E-state index contributed by atoms with van der Waals surface area (Å²) in [6.45, 7) is 3.70. The molecule has 0 bridgehead atoms. The molecule has 0 spiro atoms. The first-order valence-electron chi connectivity index (χ1n) is 8.85. The molecule has 0 saturated carbocycles. The van der Waals surface area contributed by atoms with E-state index in [9.17, 15) is 19.7 Å². The molecule has 1 heterocycles. The summed E-state index contributed by atoms with van der Waals surface area (Å²) in [6.07, 6.45) is 0.808. The van der Waals surface area contributed by atoms with Crippen molar-refractivity contribution in [3.05, 3.63) is 63.7 Å². The standard InChI is InChI=1S/C20H20N2O5S/c1-13-6-5-7-15(19(13)22(25)26)20(24)27-12-18(23)21-11-10-14(2)28-17-9-4-3-8-16(17)21/h3-9,14H,10-12H2,1-2H3/t14-/m0/s1. The van der Waals surface area contributed by atoms with E-state index >= 15 is 0 Å². The summed E-state index contributed by atoms with van der Waals surface area (Å²) in [7, 11) is 0. The molecular weight excluding hydrogens is 380 g/mol. The SMILES string of the molecule is Cc1cccc(C(=O)OCC(=O)N2CC[C@H](C)Sc3ccccc32)c1[N+](=O)[O-]. The molecule has 28 heavy (non-hydrogen) atoms. The maximum atomic E-state index is 12.7. The highest BCUT2D eigenvalue weighted by Crippen LogP contribution is 2.37. The van der Waals surface area contributed by atoms with E-state index in [2.05, 4.69) is 6.92 Å². The minimum Gasteiger partial charge on any atom is -0.452 e. The van der Waals surface area contributed by atoms with Gasteiger partial charge in [-0.05, 0) is 31.5 Å². The zero-order valence-corrected chi connectivity index (χ0v) is 16.4. The number of amides is 1. The minimum absolute atomic E-state index is 0.154. The van der Waals surface area contributed by atoms with E-state index in [0.717, 1.165) is 17.0 Å². The molecule has 1 aliphatic rings. The Morgan fingerprint density at radius 3 is 2.75 bits per heavy atom. The number of aryl methyl sites for hydroxylation is 1. The van der Waals surface area contributed by atoms with Crippen molar-refractivity contribution in [2.45, 2.75) is 30.4 Å². The normalized spacial score (nSPS) is 16.1. The van der Waals surface area contributed by atoms with E-state index in [4.69, 9.17) is 4.74 Å². The number of hydrogen-bond acceptors (Lipinski definition) is 6. The van der Waals surface area contributed by atoms with Crippen LogP contribution in [0.4, 0.5) is 11.4 Å². The number of para-hydroxylation sites is 2. The van der Waals surface area contributed by atoms with Crippen molar-refractivity contribution in [3.63, 3.8) is 0 Å². The third-order valence-electron chi connectivity index (χ3n) is 4.51. The lowest BCUT2D eigenvalue weighted by molar-refractivity contribution is -0.385. The van der Waals surface area contributed by atoms with E-state index in [1.54, 1.807) is 35.7 Å². The number of anilines is 1. The monoisotopic (exact) mass is 400 g/mol. The molecule has 2 aromatic rings. The van der Waals surface area contributed by atoms with Crippen molar-refractivity contribution in [3.8, 4) is 0 Å². The van der Waals surface area contributed by atoms with E-state index in [-0.39, 0.29) is 17.2 Å². The molecule has 0 aromatic heterocycles. The van der Waals surface area contributed by atoms with Crippen molar-refractivity contribution in [1.82, 2.24) is 0 Å². The first-order chi connectivity index (χ1) is 13.4. The number of nitro benzene ring substituents is 1. The zero-order chi connectivity index (χ0) is 20.3. The Bertz CT molecular complexity index is 931. The lowest BCUT2D eigenvalue weighted by atomic mass is 10.1. The van der Waals surface area contributed by atoms with Crippen LogP contribution in [0.5, 0.6) is 0 Å². The molecule has 1 atom stereocenters. The van der Waals surface area contributed by atoms with E-state index in [1.807, 2.05) is 24.3 Å². The van der Waals surface area contributed by atoms with Crippen LogP contribution in [0.2, 0.25) is 0 Å². The molecule has 1 amide bonds. The Balaban J connectivity index is 1.75. The quantitative estimate of drug-likeness (QED) is 0.438. The van der Waals surface area contributed by atoms with E-state index in [1.165, 1.54) is 6.07 Å². The molecule has 146 valence electrons. The second-order valence-corrected chi connectivity index (χ2v) is 8.01. The zero-order valence-electron chi connectivity index (χ0n) is 15.6. The molecule has 0 aliphatic carbocycles. The molecular formula is C20H20N2O5S. The van der Waals surface area contributed by atoms with Gasteiger partial charge in [0.15, 0.2) is 6.61 Å². The van der Waals surface area contributed by atoms with Crippen LogP contribution in [0, 0.1) is 17.0 Å². The van der Waals surface area contributed by atoms with Gasteiger partial charge in [-0.3, -0.25) is 14.9 Å². The highest BCUT2D eigenvalue weighted by atomic mass is 32.2. The van der Waals surface area contributed by atoms with Crippen molar-refractivity contribution >= 4 is 35.0 Å². The van der Waals surface area contributed by atoms with Crippen LogP contribution >= 0.6 is 11.8 Å². The van der Waals surface area contributed by atoms with Crippen molar-refractivity contribution in [2.75, 3.05) is 18.1 Å². The Morgan fingerprint density at radius 2 is 2.00 bits per heavy atom. The lowest BCUT2D eigenvalue weighted by Crippen LogP contribution is -2.35.